The topological polar surface area (TPSA) is 30.5 Å². The molecule has 0 aromatic heterocycles. The number of halogens is 1. The van der Waals surface area contributed by atoms with Crippen LogP contribution < -0.4 is 14.8 Å². The van der Waals surface area contributed by atoms with Gasteiger partial charge in [0.25, 0.3) is 0 Å². The largest absolute Gasteiger partial charge is 0.493 e. The third-order valence-electron chi connectivity index (χ3n) is 3.02. The van der Waals surface area contributed by atoms with Crippen LogP contribution in [0.3, 0.4) is 0 Å². The van der Waals surface area contributed by atoms with Gasteiger partial charge in [0.15, 0.2) is 11.5 Å². The van der Waals surface area contributed by atoms with Gasteiger partial charge in [-0.1, -0.05) is 25.4 Å². The van der Waals surface area contributed by atoms with Crippen LogP contribution in [0.5, 0.6) is 11.5 Å². The van der Waals surface area contributed by atoms with E-state index in [9.17, 15) is 0 Å². The predicted octanol–water partition coefficient (Wildman–Crippen LogP) is 4.03. The van der Waals surface area contributed by atoms with Crippen LogP contribution in [0.2, 0.25) is 5.02 Å². The van der Waals surface area contributed by atoms with Gasteiger partial charge in [0.05, 0.1) is 13.7 Å². The molecular formula is C15H24ClNO2. The number of rotatable bonds is 8. The summed E-state index contributed by atoms with van der Waals surface area (Å²) in [5.41, 5.74) is 1.04. The van der Waals surface area contributed by atoms with E-state index in [0.29, 0.717) is 23.4 Å². The lowest BCUT2D eigenvalue weighted by Gasteiger charge is -2.17. The molecule has 0 bridgehead atoms. The predicted molar refractivity (Wildman–Crippen MR) is 80.4 cm³/mol. The molecule has 0 aliphatic carbocycles. The number of nitrogens with one attached hydrogen (secondary N) is 1. The van der Waals surface area contributed by atoms with Gasteiger partial charge in [-0.2, -0.15) is 0 Å². The van der Waals surface area contributed by atoms with Gasteiger partial charge in [-0.15, -0.1) is 0 Å². The fourth-order valence-electron chi connectivity index (χ4n) is 1.70. The number of methoxy groups -OCH3 is 1. The standard InChI is InChI=1S/C15H24ClNO2/c1-5-7-19-15-12(10-17-11(3)6-2)8-13(16)9-14(15)18-4/h8-9,11,17H,5-7,10H2,1-4H3/t11-/m0/s1. The molecule has 0 aliphatic heterocycles. The van der Waals surface area contributed by atoms with E-state index in [1.54, 1.807) is 13.2 Å². The molecule has 1 aromatic rings. The smallest absolute Gasteiger partial charge is 0.165 e. The van der Waals surface area contributed by atoms with E-state index in [1.807, 2.05) is 6.07 Å². The maximum Gasteiger partial charge on any atom is 0.165 e. The fourth-order valence-corrected chi connectivity index (χ4v) is 1.93. The second kappa shape index (κ2) is 8.28. The normalized spacial score (nSPS) is 12.3. The summed E-state index contributed by atoms with van der Waals surface area (Å²) in [5.74, 6) is 1.49. The highest BCUT2D eigenvalue weighted by Crippen LogP contribution is 2.34. The summed E-state index contributed by atoms with van der Waals surface area (Å²) in [6.45, 7) is 7.80. The summed E-state index contributed by atoms with van der Waals surface area (Å²) in [4.78, 5) is 0. The van der Waals surface area contributed by atoms with Crippen LogP contribution in [0.15, 0.2) is 12.1 Å². The van der Waals surface area contributed by atoms with E-state index in [1.165, 1.54) is 0 Å². The van der Waals surface area contributed by atoms with Gasteiger partial charge in [0.2, 0.25) is 0 Å². The van der Waals surface area contributed by atoms with Crippen LogP contribution >= 0.6 is 11.6 Å². The molecule has 0 fully saturated rings. The summed E-state index contributed by atoms with van der Waals surface area (Å²) in [6.07, 6.45) is 2.05. The fraction of sp³-hybridized carbons (Fsp3) is 0.600. The second-order valence-corrected chi connectivity index (χ2v) is 5.07. The Labute approximate surface area is 121 Å². The molecule has 1 N–H and O–H groups in total. The van der Waals surface area contributed by atoms with Gasteiger partial charge in [-0.25, -0.2) is 0 Å². The zero-order chi connectivity index (χ0) is 14.3. The third-order valence-corrected chi connectivity index (χ3v) is 3.24. The Morgan fingerprint density at radius 3 is 2.63 bits per heavy atom. The van der Waals surface area contributed by atoms with Crippen LogP contribution in [0, 0.1) is 0 Å². The molecule has 1 aromatic carbocycles. The highest BCUT2D eigenvalue weighted by Gasteiger charge is 2.13. The highest BCUT2D eigenvalue weighted by atomic mass is 35.5. The van der Waals surface area contributed by atoms with Crippen LogP contribution in [-0.4, -0.2) is 19.8 Å². The van der Waals surface area contributed by atoms with Gasteiger partial charge < -0.3 is 14.8 Å². The van der Waals surface area contributed by atoms with E-state index >= 15 is 0 Å². The van der Waals surface area contributed by atoms with Crippen molar-refractivity contribution in [1.82, 2.24) is 5.32 Å². The Morgan fingerprint density at radius 2 is 2.05 bits per heavy atom. The number of benzene rings is 1. The van der Waals surface area contributed by atoms with E-state index in [-0.39, 0.29) is 0 Å². The molecular weight excluding hydrogens is 262 g/mol. The van der Waals surface area contributed by atoms with Crippen LogP contribution in [-0.2, 0) is 6.54 Å². The first-order chi connectivity index (χ1) is 9.12. The Hall–Kier alpha value is -0.930. The summed E-state index contributed by atoms with van der Waals surface area (Å²) < 4.78 is 11.2. The van der Waals surface area contributed by atoms with E-state index in [2.05, 4.69) is 26.1 Å². The minimum Gasteiger partial charge on any atom is -0.493 e. The van der Waals surface area contributed by atoms with Gasteiger partial charge in [0, 0.05) is 29.2 Å². The summed E-state index contributed by atoms with van der Waals surface area (Å²) in [5, 5.41) is 4.12. The Balaban J connectivity index is 2.94. The van der Waals surface area contributed by atoms with Crippen molar-refractivity contribution in [1.29, 1.82) is 0 Å². The van der Waals surface area contributed by atoms with Gasteiger partial charge >= 0.3 is 0 Å². The average Bonchev–Trinajstić information content (AvgIpc) is 2.42. The summed E-state index contributed by atoms with van der Waals surface area (Å²) in [7, 11) is 1.64. The van der Waals surface area contributed by atoms with Crippen molar-refractivity contribution in [2.75, 3.05) is 13.7 Å². The second-order valence-electron chi connectivity index (χ2n) is 4.63. The van der Waals surface area contributed by atoms with Crippen LogP contribution in [0.4, 0.5) is 0 Å². The molecule has 0 saturated heterocycles. The number of ether oxygens (including phenoxy) is 2. The molecule has 0 saturated carbocycles. The summed E-state index contributed by atoms with van der Waals surface area (Å²) >= 11 is 6.12. The Kier molecular flexibility index (Phi) is 7.03. The Morgan fingerprint density at radius 1 is 1.32 bits per heavy atom. The zero-order valence-electron chi connectivity index (χ0n) is 12.3. The molecule has 3 nitrogen and oxygen atoms in total. The first-order valence-corrected chi connectivity index (χ1v) is 7.22. The lowest BCUT2D eigenvalue weighted by molar-refractivity contribution is 0.290. The van der Waals surface area contributed by atoms with Crippen molar-refractivity contribution in [2.24, 2.45) is 0 Å². The van der Waals surface area contributed by atoms with E-state index < -0.39 is 0 Å². The maximum atomic E-state index is 6.12. The maximum absolute atomic E-state index is 6.12. The molecule has 1 atom stereocenters. The molecule has 108 valence electrons. The first kappa shape index (κ1) is 16.1. The van der Waals surface area contributed by atoms with E-state index in [4.69, 9.17) is 21.1 Å². The average molecular weight is 286 g/mol. The molecule has 0 amide bonds. The van der Waals surface area contributed by atoms with Crippen molar-refractivity contribution in [2.45, 2.75) is 46.2 Å². The number of hydrogen-bond donors (Lipinski definition) is 1. The lowest BCUT2D eigenvalue weighted by atomic mass is 10.1. The first-order valence-electron chi connectivity index (χ1n) is 6.84. The zero-order valence-corrected chi connectivity index (χ0v) is 13.0. The van der Waals surface area contributed by atoms with E-state index in [0.717, 1.165) is 30.7 Å². The van der Waals surface area contributed by atoms with Crippen molar-refractivity contribution >= 4 is 11.6 Å². The minimum atomic E-state index is 0.462. The molecule has 0 spiro atoms. The van der Waals surface area contributed by atoms with Gasteiger partial charge in [0.1, 0.15) is 0 Å². The van der Waals surface area contributed by atoms with Crippen LogP contribution in [0.1, 0.15) is 39.2 Å². The van der Waals surface area contributed by atoms with Crippen molar-refractivity contribution in [3.8, 4) is 11.5 Å². The highest BCUT2D eigenvalue weighted by molar-refractivity contribution is 6.30. The molecule has 4 heteroatoms. The lowest BCUT2D eigenvalue weighted by Crippen LogP contribution is -2.24. The third kappa shape index (κ3) is 4.92. The molecule has 0 radical (unpaired) electrons. The Bertz CT molecular complexity index is 396. The monoisotopic (exact) mass is 285 g/mol. The molecule has 0 unspecified atom stereocenters. The quantitative estimate of drug-likeness (QED) is 0.782. The van der Waals surface area contributed by atoms with Crippen molar-refractivity contribution < 1.29 is 9.47 Å². The van der Waals surface area contributed by atoms with Crippen LogP contribution in [0.25, 0.3) is 0 Å². The van der Waals surface area contributed by atoms with Gasteiger partial charge in [-0.3, -0.25) is 0 Å². The molecule has 0 heterocycles. The summed E-state index contributed by atoms with van der Waals surface area (Å²) in [6, 6.07) is 4.19. The molecule has 19 heavy (non-hydrogen) atoms. The minimum absolute atomic E-state index is 0.462. The molecule has 1 rings (SSSR count). The van der Waals surface area contributed by atoms with Crippen molar-refractivity contribution in [3.05, 3.63) is 22.7 Å². The number of hydrogen-bond acceptors (Lipinski definition) is 3. The van der Waals surface area contributed by atoms with Gasteiger partial charge in [-0.05, 0) is 25.8 Å². The molecule has 0 aliphatic rings. The van der Waals surface area contributed by atoms with Crippen molar-refractivity contribution in [3.63, 3.8) is 0 Å². The SMILES string of the molecule is CCCOc1c(CN[C@@H](C)CC)cc(Cl)cc1OC.